The van der Waals surface area contributed by atoms with Gasteiger partial charge < -0.3 is 4.98 Å². The molecule has 0 fully saturated rings. The van der Waals surface area contributed by atoms with Crippen molar-refractivity contribution >= 4 is 34.0 Å². The molecule has 23 heavy (non-hydrogen) atoms. The highest BCUT2D eigenvalue weighted by Gasteiger charge is 2.36. The molecule has 2 aliphatic rings. The third-order valence-corrected chi connectivity index (χ3v) is 6.64. The number of rotatable bonds is 3. The lowest BCUT2D eigenvalue weighted by molar-refractivity contribution is -0.111. The summed E-state index contributed by atoms with van der Waals surface area (Å²) in [6.45, 7) is 0. The predicted octanol–water partition coefficient (Wildman–Crippen LogP) is 3.30. The van der Waals surface area contributed by atoms with Gasteiger partial charge in [0, 0.05) is 12.0 Å². The molecule has 0 spiro atoms. The van der Waals surface area contributed by atoms with Gasteiger partial charge in [-0.2, -0.15) is 0 Å². The molecule has 2 heterocycles. The van der Waals surface area contributed by atoms with Gasteiger partial charge in [0.05, 0.1) is 15.8 Å². The standard InChI is InChI=1S/C17H15NO3S2/c19-13(11-6-5-9-3-1-2-4-10(9)7-11)8-12-14-15(23-16(12)20)18-17(21)22-14/h5-7,12H,1-4,8H2,(H,18,21)/t12-/m1/s1. The number of Topliss-reactive ketones (excluding diaryl/α,β-unsaturated/α-hetero) is 1. The zero-order valence-electron chi connectivity index (χ0n) is 12.4. The number of carbonyl (C=O) groups is 2. The molecule has 1 aliphatic carbocycles. The lowest BCUT2D eigenvalue weighted by Gasteiger charge is -2.16. The van der Waals surface area contributed by atoms with E-state index in [-0.39, 0.29) is 22.2 Å². The van der Waals surface area contributed by atoms with Crippen molar-refractivity contribution in [3.63, 3.8) is 0 Å². The zero-order valence-corrected chi connectivity index (χ0v) is 14.0. The summed E-state index contributed by atoms with van der Waals surface area (Å²) in [7, 11) is 0. The average Bonchev–Trinajstić information content (AvgIpc) is 3.03. The Balaban J connectivity index is 1.58. The first kappa shape index (κ1) is 14.9. The van der Waals surface area contributed by atoms with E-state index in [1.54, 1.807) is 0 Å². The Kier molecular flexibility index (Phi) is 3.73. The van der Waals surface area contributed by atoms with E-state index in [0.29, 0.717) is 10.6 Å². The Morgan fingerprint density at radius 2 is 1.96 bits per heavy atom. The van der Waals surface area contributed by atoms with Crippen LogP contribution in [-0.2, 0) is 17.6 Å². The molecule has 118 valence electrons. The van der Waals surface area contributed by atoms with Gasteiger partial charge in [0.1, 0.15) is 0 Å². The molecule has 0 bridgehead atoms. The molecule has 0 unspecified atom stereocenters. The number of thioether (sulfide) groups is 1. The van der Waals surface area contributed by atoms with Crippen molar-refractivity contribution in [2.24, 2.45) is 0 Å². The van der Waals surface area contributed by atoms with Crippen LogP contribution < -0.4 is 4.87 Å². The number of hydrogen-bond donors (Lipinski definition) is 1. The van der Waals surface area contributed by atoms with Crippen LogP contribution in [0.3, 0.4) is 0 Å². The van der Waals surface area contributed by atoms with Gasteiger partial charge in [-0.25, -0.2) is 0 Å². The third kappa shape index (κ3) is 2.70. The normalized spacial score (nSPS) is 19.5. The minimum Gasteiger partial charge on any atom is -0.307 e. The van der Waals surface area contributed by atoms with E-state index in [0.717, 1.165) is 40.8 Å². The fraction of sp³-hybridized carbons (Fsp3) is 0.353. The molecule has 0 amide bonds. The van der Waals surface area contributed by atoms with Crippen LogP contribution in [0.1, 0.15) is 51.5 Å². The van der Waals surface area contributed by atoms with Crippen molar-refractivity contribution in [1.29, 1.82) is 0 Å². The summed E-state index contributed by atoms with van der Waals surface area (Å²) in [5.74, 6) is -0.506. The minimum absolute atomic E-state index is 0.0222. The highest BCUT2D eigenvalue weighted by Crippen LogP contribution is 2.43. The van der Waals surface area contributed by atoms with Gasteiger partial charge in [-0.05, 0) is 54.6 Å². The van der Waals surface area contributed by atoms with Gasteiger partial charge in [-0.15, -0.1) is 0 Å². The van der Waals surface area contributed by atoms with Crippen LogP contribution in [0.25, 0.3) is 0 Å². The molecular weight excluding hydrogens is 330 g/mol. The lowest BCUT2D eigenvalue weighted by Crippen LogP contribution is -2.12. The smallest absolute Gasteiger partial charge is 0.305 e. The highest BCUT2D eigenvalue weighted by atomic mass is 32.2. The second-order valence-corrected chi connectivity index (χ2v) is 8.03. The Morgan fingerprint density at radius 3 is 2.78 bits per heavy atom. The van der Waals surface area contributed by atoms with E-state index >= 15 is 0 Å². The molecule has 1 atom stereocenters. The largest absolute Gasteiger partial charge is 0.307 e. The number of thiazole rings is 1. The Bertz CT molecular complexity index is 865. The maximum absolute atomic E-state index is 12.6. The van der Waals surface area contributed by atoms with Crippen LogP contribution in [0.2, 0.25) is 0 Å². The summed E-state index contributed by atoms with van der Waals surface area (Å²) in [4.78, 5) is 39.3. The number of benzene rings is 1. The topological polar surface area (TPSA) is 67.0 Å². The molecule has 0 saturated carbocycles. The van der Waals surface area contributed by atoms with Crippen LogP contribution in [0.4, 0.5) is 0 Å². The van der Waals surface area contributed by atoms with E-state index in [4.69, 9.17) is 0 Å². The van der Waals surface area contributed by atoms with Crippen molar-refractivity contribution in [1.82, 2.24) is 4.98 Å². The molecule has 0 radical (unpaired) electrons. The summed E-state index contributed by atoms with van der Waals surface area (Å²) in [6.07, 6.45) is 4.64. The summed E-state index contributed by atoms with van der Waals surface area (Å²) in [5.41, 5.74) is 3.28. The van der Waals surface area contributed by atoms with Crippen molar-refractivity contribution < 1.29 is 9.59 Å². The van der Waals surface area contributed by atoms with Gasteiger partial charge in [-0.1, -0.05) is 23.5 Å². The second-order valence-electron chi connectivity index (χ2n) is 6.00. The van der Waals surface area contributed by atoms with E-state index in [1.807, 2.05) is 18.2 Å². The van der Waals surface area contributed by atoms with E-state index in [2.05, 4.69) is 4.98 Å². The van der Waals surface area contributed by atoms with E-state index in [9.17, 15) is 14.4 Å². The third-order valence-electron chi connectivity index (χ3n) is 4.51. The maximum Gasteiger partial charge on any atom is 0.305 e. The number of carbonyl (C=O) groups excluding carboxylic acids is 2. The number of ketones is 1. The fourth-order valence-corrected chi connectivity index (χ4v) is 5.45. The number of H-pyrrole nitrogens is 1. The Labute approximate surface area is 141 Å². The Hall–Kier alpha value is -1.66. The van der Waals surface area contributed by atoms with Gasteiger partial charge in [0.25, 0.3) is 0 Å². The molecule has 2 aromatic rings. The lowest BCUT2D eigenvalue weighted by atomic mass is 9.88. The molecule has 1 aromatic carbocycles. The summed E-state index contributed by atoms with van der Waals surface area (Å²) >= 11 is 2.09. The van der Waals surface area contributed by atoms with Gasteiger partial charge in [0.2, 0.25) is 5.12 Å². The monoisotopic (exact) mass is 345 g/mol. The number of nitrogens with one attached hydrogen (secondary N) is 1. The van der Waals surface area contributed by atoms with Gasteiger partial charge >= 0.3 is 4.87 Å². The second kappa shape index (κ2) is 5.76. The first-order valence-corrected chi connectivity index (χ1v) is 9.35. The first-order chi connectivity index (χ1) is 11.1. The molecule has 1 aromatic heterocycles. The van der Waals surface area contributed by atoms with Gasteiger partial charge in [0.15, 0.2) is 5.78 Å². The average molecular weight is 345 g/mol. The first-order valence-electron chi connectivity index (χ1n) is 7.71. The molecule has 4 nitrogen and oxygen atoms in total. The number of aryl methyl sites for hydroxylation is 2. The van der Waals surface area contributed by atoms with Crippen LogP contribution in [0.15, 0.2) is 28.0 Å². The van der Waals surface area contributed by atoms with Crippen LogP contribution in [-0.4, -0.2) is 15.9 Å². The summed E-state index contributed by atoms with van der Waals surface area (Å²) < 4.78 is 0. The summed E-state index contributed by atoms with van der Waals surface area (Å²) in [6, 6.07) is 5.91. The number of hydrogen-bond acceptors (Lipinski definition) is 5. The van der Waals surface area contributed by atoms with Gasteiger partial charge in [-0.3, -0.25) is 14.4 Å². The fourth-order valence-electron chi connectivity index (χ4n) is 3.30. The molecule has 1 N–H and O–H groups in total. The quantitative estimate of drug-likeness (QED) is 0.867. The number of aromatic amines is 1. The maximum atomic E-state index is 12.6. The van der Waals surface area contributed by atoms with Crippen LogP contribution in [0, 0.1) is 0 Å². The minimum atomic E-state index is -0.484. The molecule has 0 saturated heterocycles. The molecule has 4 rings (SSSR count). The molecular formula is C17H15NO3S2. The van der Waals surface area contributed by atoms with Crippen molar-refractivity contribution in [2.45, 2.75) is 43.0 Å². The molecule has 6 heteroatoms. The van der Waals surface area contributed by atoms with E-state index < -0.39 is 5.92 Å². The van der Waals surface area contributed by atoms with Crippen molar-refractivity contribution in [3.8, 4) is 0 Å². The number of aromatic nitrogens is 1. The van der Waals surface area contributed by atoms with E-state index in [1.165, 1.54) is 24.0 Å². The molecule has 1 aliphatic heterocycles. The number of fused-ring (bicyclic) bond motifs is 2. The Morgan fingerprint density at radius 1 is 1.17 bits per heavy atom. The van der Waals surface area contributed by atoms with Crippen molar-refractivity contribution in [2.75, 3.05) is 0 Å². The summed E-state index contributed by atoms with van der Waals surface area (Å²) in [5, 5.41) is 0.571. The zero-order chi connectivity index (χ0) is 16.0. The van der Waals surface area contributed by atoms with Crippen molar-refractivity contribution in [3.05, 3.63) is 49.4 Å². The van der Waals surface area contributed by atoms with Crippen LogP contribution in [0.5, 0.6) is 0 Å². The predicted molar refractivity (Wildman–Crippen MR) is 90.6 cm³/mol. The van der Waals surface area contributed by atoms with Crippen LogP contribution >= 0.6 is 23.1 Å². The SMILES string of the molecule is O=C(C[C@H]1C(=O)Sc2[nH]c(=O)sc21)c1ccc2c(c1)CCCC2. The highest BCUT2D eigenvalue weighted by molar-refractivity contribution is 8.14.